The number of anilines is 2. The first-order chi connectivity index (χ1) is 12.8. The molecule has 0 atom stereocenters. The summed E-state index contributed by atoms with van der Waals surface area (Å²) >= 11 is 0. The lowest BCUT2D eigenvalue weighted by molar-refractivity contribution is -0.402. The van der Waals surface area contributed by atoms with Crippen LogP contribution in [-0.4, -0.2) is 40.6 Å². The Bertz CT molecular complexity index is 916. The third kappa shape index (κ3) is 4.11. The predicted molar refractivity (Wildman–Crippen MR) is 94.1 cm³/mol. The van der Waals surface area contributed by atoms with Gasteiger partial charge in [0.2, 0.25) is 11.8 Å². The Hall–Kier alpha value is -3.69. The van der Waals surface area contributed by atoms with E-state index in [4.69, 9.17) is 4.42 Å². The number of carbonyl (C=O) groups excluding carboxylic acids is 3. The number of nitrogens with zero attached hydrogens (tertiary/aromatic N) is 2. The SMILES string of the molecule is CC(=O)Nc1cccc(NC(=O)C2CN(C(=O)c3ccc([N+](=O)[O-])o3)C2)c1. The van der Waals surface area contributed by atoms with Crippen molar-refractivity contribution in [2.24, 2.45) is 5.92 Å². The van der Waals surface area contributed by atoms with Crippen molar-refractivity contribution in [1.82, 2.24) is 4.90 Å². The molecular weight excluding hydrogens is 356 g/mol. The quantitative estimate of drug-likeness (QED) is 0.607. The maximum atomic E-state index is 12.3. The molecule has 10 nitrogen and oxygen atoms in total. The van der Waals surface area contributed by atoms with Crippen LogP contribution < -0.4 is 10.6 Å². The van der Waals surface area contributed by atoms with E-state index in [9.17, 15) is 24.5 Å². The first-order valence-electron chi connectivity index (χ1n) is 8.05. The molecule has 1 aromatic heterocycles. The number of hydrogen-bond acceptors (Lipinski definition) is 6. The summed E-state index contributed by atoms with van der Waals surface area (Å²) in [6.45, 7) is 1.76. The summed E-state index contributed by atoms with van der Waals surface area (Å²) in [6, 6.07) is 9.06. The lowest BCUT2D eigenvalue weighted by Gasteiger charge is -2.37. The normalized spacial score (nSPS) is 13.6. The third-order valence-electron chi connectivity index (χ3n) is 3.97. The molecule has 2 heterocycles. The number of hydrogen-bond donors (Lipinski definition) is 2. The minimum Gasteiger partial charge on any atom is -0.395 e. The number of amides is 3. The van der Waals surface area contributed by atoms with Gasteiger partial charge < -0.3 is 20.0 Å². The van der Waals surface area contributed by atoms with Gasteiger partial charge in [-0.25, -0.2) is 0 Å². The van der Waals surface area contributed by atoms with Crippen LogP contribution in [0, 0.1) is 16.0 Å². The maximum absolute atomic E-state index is 12.3. The molecule has 3 rings (SSSR count). The molecule has 10 heteroatoms. The number of likely N-dealkylation sites (tertiary alicyclic amines) is 1. The number of carbonyl (C=O) groups is 3. The molecule has 27 heavy (non-hydrogen) atoms. The molecule has 3 amide bonds. The van der Waals surface area contributed by atoms with Gasteiger partial charge in [0.05, 0.1) is 12.0 Å². The summed E-state index contributed by atoms with van der Waals surface area (Å²) in [5.74, 6) is -2.02. The van der Waals surface area contributed by atoms with Crippen molar-refractivity contribution in [3.8, 4) is 0 Å². The first kappa shape index (κ1) is 18.1. The van der Waals surface area contributed by atoms with E-state index >= 15 is 0 Å². The molecule has 140 valence electrons. The standard InChI is InChI=1S/C17H16N4O6/c1-10(22)18-12-3-2-4-13(7-12)19-16(23)11-8-20(9-11)17(24)14-5-6-15(27-14)21(25)26/h2-7,11H,8-9H2,1H3,(H,18,22)(H,19,23). The zero-order chi connectivity index (χ0) is 19.6. The van der Waals surface area contributed by atoms with Gasteiger partial charge in [0.15, 0.2) is 5.76 Å². The highest BCUT2D eigenvalue weighted by Crippen LogP contribution is 2.24. The molecule has 0 saturated carbocycles. The Kier molecular flexibility index (Phi) is 4.88. The van der Waals surface area contributed by atoms with Crippen LogP contribution in [0.3, 0.4) is 0 Å². The van der Waals surface area contributed by atoms with Crippen molar-refractivity contribution in [2.45, 2.75) is 6.92 Å². The van der Waals surface area contributed by atoms with E-state index in [-0.39, 0.29) is 30.7 Å². The minimum atomic E-state index is -0.724. The topological polar surface area (TPSA) is 135 Å². The highest BCUT2D eigenvalue weighted by atomic mass is 16.6. The summed E-state index contributed by atoms with van der Waals surface area (Å²) in [4.78, 5) is 46.8. The van der Waals surface area contributed by atoms with Crippen LogP contribution in [-0.2, 0) is 9.59 Å². The first-order valence-corrected chi connectivity index (χ1v) is 8.05. The molecule has 0 aliphatic carbocycles. The molecule has 1 aliphatic heterocycles. The predicted octanol–water partition coefficient (Wildman–Crippen LogP) is 1.86. The van der Waals surface area contributed by atoms with Crippen molar-refractivity contribution in [2.75, 3.05) is 23.7 Å². The van der Waals surface area contributed by atoms with Crippen LogP contribution in [0.25, 0.3) is 0 Å². The van der Waals surface area contributed by atoms with E-state index in [1.807, 2.05) is 0 Å². The molecule has 1 fully saturated rings. The molecule has 0 bridgehead atoms. The van der Waals surface area contributed by atoms with Gasteiger partial charge in [-0.05, 0) is 24.3 Å². The summed E-state index contributed by atoms with van der Waals surface area (Å²) in [6.07, 6.45) is 0. The van der Waals surface area contributed by atoms with E-state index in [1.54, 1.807) is 24.3 Å². The summed E-state index contributed by atoms with van der Waals surface area (Å²) in [7, 11) is 0. The van der Waals surface area contributed by atoms with Crippen LogP contribution in [0.15, 0.2) is 40.8 Å². The average Bonchev–Trinajstić information content (AvgIpc) is 3.03. The fourth-order valence-electron chi connectivity index (χ4n) is 2.63. The van der Waals surface area contributed by atoms with Crippen molar-refractivity contribution in [3.05, 3.63) is 52.3 Å². The van der Waals surface area contributed by atoms with E-state index < -0.39 is 22.6 Å². The van der Waals surface area contributed by atoms with Gasteiger partial charge in [-0.1, -0.05) is 6.07 Å². The molecule has 2 N–H and O–H groups in total. The lowest BCUT2D eigenvalue weighted by atomic mass is 9.98. The Morgan fingerprint density at radius 1 is 1.15 bits per heavy atom. The highest BCUT2D eigenvalue weighted by molar-refractivity contribution is 5.98. The second-order valence-corrected chi connectivity index (χ2v) is 6.05. The van der Waals surface area contributed by atoms with Crippen molar-refractivity contribution < 1.29 is 23.7 Å². The van der Waals surface area contributed by atoms with Gasteiger partial charge in [-0.3, -0.25) is 24.5 Å². The Morgan fingerprint density at radius 3 is 2.41 bits per heavy atom. The van der Waals surface area contributed by atoms with Crippen LogP contribution in [0.4, 0.5) is 17.3 Å². The summed E-state index contributed by atoms with van der Waals surface area (Å²) < 4.78 is 4.87. The zero-order valence-electron chi connectivity index (χ0n) is 14.3. The van der Waals surface area contributed by atoms with Crippen molar-refractivity contribution >= 4 is 35.0 Å². The van der Waals surface area contributed by atoms with Gasteiger partial charge in [0.25, 0.3) is 5.91 Å². The van der Waals surface area contributed by atoms with Gasteiger partial charge in [0, 0.05) is 31.4 Å². The molecule has 1 aliphatic rings. The van der Waals surface area contributed by atoms with E-state index in [0.29, 0.717) is 11.4 Å². The Balaban J connectivity index is 1.54. The van der Waals surface area contributed by atoms with Crippen molar-refractivity contribution in [1.29, 1.82) is 0 Å². The second-order valence-electron chi connectivity index (χ2n) is 6.05. The Labute approximate surface area is 153 Å². The number of benzene rings is 1. The molecule has 0 unspecified atom stereocenters. The van der Waals surface area contributed by atoms with Gasteiger partial charge in [0.1, 0.15) is 4.92 Å². The minimum absolute atomic E-state index is 0.136. The van der Waals surface area contributed by atoms with Crippen LogP contribution in [0.1, 0.15) is 17.5 Å². The molecular formula is C17H16N4O6. The highest BCUT2D eigenvalue weighted by Gasteiger charge is 2.37. The fraction of sp³-hybridized carbons (Fsp3) is 0.235. The van der Waals surface area contributed by atoms with E-state index in [1.165, 1.54) is 17.9 Å². The zero-order valence-corrected chi connectivity index (χ0v) is 14.3. The lowest BCUT2D eigenvalue weighted by Crippen LogP contribution is -2.54. The monoisotopic (exact) mass is 372 g/mol. The molecule has 1 aromatic carbocycles. The summed E-state index contributed by atoms with van der Waals surface area (Å²) in [5.41, 5.74) is 1.09. The largest absolute Gasteiger partial charge is 0.433 e. The van der Waals surface area contributed by atoms with Gasteiger partial charge in [-0.15, -0.1) is 0 Å². The second kappa shape index (κ2) is 7.28. The molecule has 0 radical (unpaired) electrons. The van der Waals surface area contributed by atoms with Crippen LogP contribution in [0.2, 0.25) is 0 Å². The number of rotatable bonds is 5. The molecule has 2 aromatic rings. The van der Waals surface area contributed by atoms with Gasteiger partial charge >= 0.3 is 5.88 Å². The van der Waals surface area contributed by atoms with Crippen LogP contribution >= 0.6 is 0 Å². The number of furan rings is 1. The van der Waals surface area contributed by atoms with E-state index in [0.717, 1.165) is 6.07 Å². The number of nitrogens with one attached hydrogen (secondary N) is 2. The number of nitro groups is 1. The third-order valence-corrected chi connectivity index (χ3v) is 3.97. The van der Waals surface area contributed by atoms with Crippen LogP contribution in [0.5, 0.6) is 0 Å². The smallest absolute Gasteiger partial charge is 0.395 e. The average molecular weight is 372 g/mol. The van der Waals surface area contributed by atoms with Crippen molar-refractivity contribution in [3.63, 3.8) is 0 Å². The molecule has 1 saturated heterocycles. The summed E-state index contributed by atoms with van der Waals surface area (Å²) in [5, 5.41) is 16.0. The van der Waals surface area contributed by atoms with Gasteiger partial charge in [-0.2, -0.15) is 0 Å². The molecule has 0 spiro atoms. The van der Waals surface area contributed by atoms with E-state index in [2.05, 4.69) is 10.6 Å². The Morgan fingerprint density at radius 2 is 1.81 bits per heavy atom. The maximum Gasteiger partial charge on any atom is 0.433 e. The fourth-order valence-corrected chi connectivity index (χ4v) is 2.63.